The van der Waals surface area contributed by atoms with E-state index in [1.165, 1.54) is 0 Å². The van der Waals surface area contributed by atoms with E-state index in [1.54, 1.807) is 12.1 Å². The van der Waals surface area contributed by atoms with Crippen LogP contribution in [0, 0.1) is 17.8 Å². The Morgan fingerprint density at radius 2 is 1.78 bits per heavy atom. The molecule has 1 aromatic rings. The van der Waals surface area contributed by atoms with Crippen molar-refractivity contribution in [3.8, 4) is 5.75 Å². The zero-order valence-corrected chi connectivity index (χ0v) is 12.5. The van der Waals surface area contributed by atoms with Gasteiger partial charge in [0, 0.05) is 17.1 Å². The normalized spacial score (nSPS) is 11.8. The Morgan fingerprint density at radius 1 is 1.17 bits per heavy atom. The molecule has 1 aromatic carbocycles. The second-order valence-electron chi connectivity index (χ2n) is 5.56. The molecule has 0 aliphatic heterocycles. The molecule has 0 saturated carbocycles. The van der Waals surface area contributed by atoms with Crippen molar-refractivity contribution in [3.05, 3.63) is 28.8 Å². The van der Waals surface area contributed by atoms with Gasteiger partial charge in [0.05, 0.1) is 0 Å². The first-order chi connectivity index (χ1) is 8.41. The molecule has 2 nitrogen and oxygen atoms in total. The smallest absolute Gasteiger partial charge is 0.120 e. The minimum Gasteiger partial charge on any atom is -0.508 e. The van der Waals surface area contributed by atoms with Crippen LogP contribution in [0.4, 0.5) is 0 Å². The maximum Gasteiger partial charge on any atom is 0.120 e. The van der Waals surface area contributed by atoms with Gasteiger partial charge in [0.2, 0.25) is 0 Å². The highest BCUT2D eigenvalue weighted by molar-refractivity contribution is 6.30. The maximum atomic E-state index is 9.72. The predicted octanol–water partition coefficient (Wildman–Crippen LogP) is 4.06. The molecule has 0 amide bonds. The SMILES string of the molecule is CC(C)C(CNCc1cc(Cl)ccc1O)C(C)C. The minimum absolute atomic E-state index is 0.303. The summed E-state index contributed by atoms with van der Waals surface area (Å²) in [6.45, 7) is 10.6. The molecule has 0 aliphatic carbocycles. The second-order valence-corrected chi connectivity index (χ2v) is 5.99. The van der Waals surface area contributed by atoms with Crippen LogP contribution < -0.4 is 5.32 Å². The van der Waals surface area contributed by atoms with Crippen molar-refractivity contribution >= 4 is 11.6 Å². The number of phenols is 1. The Labute approximate surface area is 115 Å². The summed E-state index contributed by atoms with van der Waals surface area (Å²) < 4.78 is 0. The number of benzene rings is 1. The summed E-state index contributed by atoms with van der Waals surface area (Å²) in [5, 5.41) is 13.8. The first kappa shape index (κ1) is 15.3. The Morgan fingerprint density at radius 3 is 2.33 bits per heavy atom. The van der Waals surface area contributed by atoms with Crippen LogP contribution in [0.25, 0.3) is 0 Å². The van der Waals surface area contributed by atoms with Crippen LogP contribution in [0.3, 0.4) is 0 Å². The Hall–Kier alpha value is -0.730. The highest BCUT2D eigenvalue weighted by atomic mass is 35.5. The van der Waals surface area contributed by atoms with E-state index in [1.807, 2.05) is 6.07 Å². The summed E-state index contributed by atoms with van der Waals surface area (Å²) in [6, 6.07) is 5.15. The highest BCUT2D eigenvalue weighted by Gasteiger charge is 2.16. The number of rotatable bonds is 6. The van der Waals surface area contributed by atoms with Crippen LogP contribution in [0.5, 0.6) is 5.75 Å². The monoisotopic (exact) mass is 269 g/mol. The van der Waals surface area contributed by atoms with Crippen LogP contribution in [-0.2, 0) is 6.54 Å². The van der Waals surface area contributed by atoms with Gasteiger partial charge in [-0.25, -0.2) is 0 Å². The summed E-state index contributed by atoms with van der Waals surface area (Å²) in [6.07, 6.45) is 0. The third kappa shape index (κ3) is 4.51. The average molecular weight is 270 g/mol. The molecule has 3 heteroatoms. The van der Waals surface area contributed by atoms with E-state index in [-0.39, 0.29) is 0 Å². The Bertz CT molecular complexity index is 369. The molecule has 102 valence electrons. The number of phenolic OH excluding ortho intramolecular Hbond substituents is 1. The van der Waals surface area contributed by atoms with Crippen LogP contribution in [0.2, 0.25) is 5.02 Å². The molecule has 0 spiro atoms. The summed E-state index contributed by atoms with van der Waals surface area (Å²) in [4.78, 5) is 0. The lowest BCUT2D eigenvalue weighted by Gasteiger charge is -2.25. The second kappa shape index (κ2) is 7.01. The molecule has 0 aliphatic rings. The standard InChI is InChI=1S/C15H24ClNO/c1-10(2)14(11(3)4)9-17-8-12-7-13(16)5-6-15(12)18/h5-7,10-11,14,17-18H,8-9H2,1-4H3. The van der Waals surface area contributed by atoms with E-state index in [0.717, 1.165) is 12.1 Å². The van der Waals surface area contributed by atoms with Crippen molar-refractivity contribution in [1.82, 2.24) is 5.32 Å². The zero-order chi connectivity index (χ0) is 13.7. The van der Waals surface area contributed by atoms with Gasteiger partial charge in [-0.15, -0.1) is 0 Å². The summed E-state index contributed by atoms with van der Waals surface area (Å²) in [7, 11) is 0. The number of halogens is 1. The summed E-state index contributed by atoms with van der Waals surface area (Å²) in [5.74, 6) is 2.26. The van der Waals surface area contributed by atoms with Gasteiger partial charge in [-0.3, -0.25) is 0 Å². The van der Waals surface area contributed by atoms with Gasteiger partial charge in [-0.05, 0) is 42.5 Å². The molecule has 0 radical (unpaired) electrons. The molecule has 2 N–H and O–H groups in total. The lowest BCUT2D eigenvalue weighted by molar-refractivity contribution is 0.275. The molecule has 0 saturated heterocycles. The molecular weight excluding hydrogens is 246 g/mol. The van der Waals surface area contributed by atoms with Gasteiger partial charge in [0.15, 0.2) is 0 Å². The van der Waals surface area contributed by atoms with E-state index in [4.69, 9.17) is 11.6 Å². The van der Waals surface area contributed by atoms with Gasteiger partial charge in [0.1, 0.15) is 5.75 Å². The first-order valence-electron chi connectivity index (χ1n) is 6.60. The lowest BCUT2D eigenvalue weighted by Crippen LogP contribution is -2.29. The summed E-state index contributed by atoms with van der Waals surface area (Å²) >= 11 is 5.92. The van der Waals surface area contributed by atoms with Crippen molar-refractivity contribution in [2.24, 2.45) is 17.8 Å². The molecule has 0 aromatic heterocycles. The van der Waals surface area contributed by atoms with Crippen molar-refractivity contribution < 1.29 is 5.11 Å². The third-order valence-electron chi connectivity index (χ3n) is 3.45. The Balaban J connectivity index is 2.52. The van der Waals surface area contributed by atoms with E-state index >= 15 is 0 Å². The number of nitrogens with one attached hydrogen (secondary N) is 1. The molecule has 18 heavy (non-hydrogen) atoms. The van der Waals surface area contributed by atoms with Crippen molar-refractivity contribution in [2.45, 2.75) is 34.2 Å². The first-order valence-corrected chi connectivity index (χ1v) is 6.97. The van der Waals surface area contributed by atoms with Gasteiger partial charge in [-0.2, -0.15) is 0 Å². The molecule has 1 rings (SSSR count). The third-order valence-corrected chi connectivity index (χ3v) is 3.68. The fourth-order valence-electron chi connectivity index (χ4n) is 2.31. The van der Waals surface area contributed by atoms with E-state index in [9.17, 15) is 5.11 Å². The highest BCUT2D eigenvalue weighted by Crippen LogP contribution is 2.22. The predicted molar refractivity (Wildman–Crippen MR) is 78.0 cm³/mol. The molecule has 0 heterocycles. The van der Waals surface area contributed by atoms with Crippen LogP contribution >= 0.6 is 11.6 Å². The van der Waals surface area contributed by atoms with Crippen molar-refractivity contribution in [1.29, 1.82) is 0 Å². The number of aromatic hydroxyl groups is 1. The van der Waals surface area contributed by atoms with E-state index in [2.05, 4.69) is 33.0 Å². The number of hydrogen-bond acceptors (Lipinski definition) is 2. The average Bonchev–Trinajstić information content (AvgIpc) is 2.27. The van der Waals surface area contributed by atoms with Gasteiger partial charge >= 0.3 is 0 Å². The lowest BCUT2D eigenvalue weighted by atomic mass is 9.85. The fourth-order valence-corrected chi connectivity index (χ4v) is 2.51. The Kier molecular flexibility index (Phi) is 5.97. The quantitative estimate of drug-likeness (QED) is 0.816. The topological polar surface area (TPSA) is 32.3 Å². The molecule has 0 atom stereocenters. The van der Waals surface area contributed by atoms with Gasteiger partial charge in [0.25, 0.3) is 0 Å². The summed E-state index contributed by atoms with van der Waals surface area (Å²) in [5.41, 5.74) is 0.855. The van der Waals surface area contributed by atoms with Crippen molar-refractivity contribution in [3.63, 3.8) is 0 Å². The molecule has 0 fully saturated rings. The van der Waals surface area contributed by atoms with Gasteiger partial charge in [-0.1, -0.05) is 39.3 Å². The van der Waals surface area contributed by atoms with Gasteiger partial charge < -0.3 is 10.4 Å². The van der Waals surface area contributed by atoms with E-state index in [0.29, 0.717) is 35.1 Å². The van der Waals surface area contributed by atoms with Crippen molar-refractivity contribution in [2.75, 3.05) is 6.54 Å². The fraction of sp³-hybridized carbons (Fsp3) is 0.600. The van der Waals surface area contributed by atoms with E-state index < -0.39 is 0 Å². The molecular formula is C15H24ClNO. The maximum absolute atomic E-state index is 9.72. The number of hydrogen-bond donors (Lipinski definition) is 2. The van der Waals surface area contributed by atoms with Crippen LogP contribution in [0.15, 0.2) is 18.2 Å². The van der Waals surface area contributed by atoms with Crippen LogP contribution in [0.1, 0.15) is 33.3 Å². The zero-order valence-electron chi connectivity index (χ0n) is 11.7. The molecule has 0 bridgehead atoms. The van der Waals surface area contributed by atoms with Crippen LogP contribution in [-0.4, -0.2) is 11.7 Å². The minimum atomic E-state index is 0.303. The molecule has 0 unspecified atom stereocenters. The largest absolute Gasteiger partial charge is 0.508 e.